The number of aromatic hydroxyl groups is 1. The van der Waals surface area contributed by atoms with Crippen molar-refractivity contribution in [3.05, 3.63) is 53.8 Å². The first-order chi connectivity index (χ1) is 13.0. The maximum absolute atomic E-state index is 13.4. The van der Waals surface area contributed by atoms with Gasteiger partial charge in [0.05, 0.1) is 20.2 Å². The van der Waals surface area contributed by atoms with Crippen molar-refractivity contribution in [1.29, 1.82) is 0 Å². The van der Waals surface area contributed by atoms with Crippen molar-refractivity contribution in [3.63, 3.8) is 0 Å². The summed E-state index contributed by atoms with van der Waals surface area (Å²) in [5.74, 6) is 1.25. The number of phenolic OH excluding ortho intramolecular Hbond substituents is 1. The average molecular weight is 503 g/mol. The third-order valence-electron chi connectivity index (χ3n) is 3.87. The lowest BCUT2D eigenvalue weighted by Gasteiger charge is -2.22. The molecule has 0 saturated heterocycles. The highest BCUT2D eigenvalue weighted by molar-refractivity contribution is 14.0. The van der Waals surface area contributed by atoms with E-state index in [1.54, 1.807) is 13.2 Å². The van der Waals surface area contributed by atoms with Crippen LogP contribution in [-0.4, -0.2) is 49.8 Å². The third-order valence-corrected chi connectivity index (χ3v) is 3.87. The summed E-state index contributed by atoms with van der Waals surface area (Å²) in [6.07, 6.45) is 0. The molecular weight excluding hydrogens is 476 g/mol. The van der Waals surface area contributed by atoms with Crippen LogP contribution < -0.4 is 14.8 Å². The Labute approximate surface area is 182 Å². The number of halogens is 2. The molecule has 0 radical (unpaired) electrons. The lowest BCUT2D eigenvalue weighted by atomic mass is 10.2. The van der Waals surface area contributed by atoms with Crippen LogP contribution in [0.3, 0.4) is 0 Å². The van der Waals surface area contributed by atoms with Crippen LogP contribution in [0.2, 0.25) is 0 Å². The smallest absolute Gasteiger partial charge is 0.194 e. The summed E-state index contributed by atoms with van der Waals surface area (Å²) in [6.45, 7) is 4.12. The Morgan fingerprint density at radius 2 is 1.86 bits per heavy atom. The Morgan fingerprint density at radius 1 is 1.18 bits per heavy atom. The van der Waals surface area contributed by atoms with Gasteiger partial charge in [-0.15, -0.1) is 24.0 Å². The summed E-state index contributed by atoms with van der Waals surface area (Å²) in [7, 11) is 3.54. The van der Waals surface area contributed by atoms with Crippen LogP contribution in [0.15, 0.2) is 47.5 Å². The molecule has 6 nitrogen and oxygen atoms in total. The molecule has 2 rings (SSSR count). The molecule has 2 N–H and O–H groups in total. The van der Waals surface area contributed by atoms with Crippen LogP contribution >= 0.6 is 24.0 Å². The Balaban J connectivity index is 0.00000392. The predicted octanol–water partition coefficient (Wildman–Crippen LogP) is 3.63. The standard InChI is InChI=1S/C20H26FN3O3.HI/c1-4-22-20(23-14-15-5-10-19(25)18(21)13-15)24(2)11-12-27-17-8-6-16(26-3)7-9-17;/h5-10,13,25H,4,11-12,14H2,1-3H3,(H,22,23);1H. The molecule has 28 heavy (non-hydrogen) atoms. The first-order valence-corrected chi connectivity index (χ1v) is 8.77. The molecular formula is C20H27FIN3O3. The summed E-state index contributed by atoms with van der Waals surface area (Å²) in [6, 6.07) is 11.7. The zero-order chi connectivity index (χ0) is 19.6. The van der Waals surface area contributed by atoms with Gasteiger partial charge in [-0.25, -0.2) is 9.38 Å². The van der Waals surface area contributed by atoms with E-state index in [1.165, 1.54) is 12.1 Å². The lowest BCUT2D eigenvalue weighted by Crippen LogP contribution is -2.40. The van der Waals surface area contributed by atoms with Gasteiger partial charge in [0.1, 0.15) is 18.1 Å². The molecule has 0 fully saturated rings. The van der Waals surface area contributed by atoms with E-state index in [0.717, 1.165) is 11.5 Å². The number of hydrogen-bond acceptors (Lipinski definition) is 4. The zero-order valence-corrected chi connectivity index (χ0v) is 18.6. The Morgan fingerprint density at radius 3 is 2.46 bits per heavy atom. The molecule has 0 aliphatic heterocycles. The van der Waals surface area contributed by atoms with Gasteiger partial charge >= 0.3 is 0 Å². The molecule has 0 aromatic heterocycles. The number of nitrogens with zero attached hydrogens (tertiary/aromatic N) is 2. The number of nitrogens with one attached hydrogen (secondary N) is 1. The monoisotopic (exact) mass is 503 g/mol. The minimum Gasteiger partial charge on any atom is -0.505 e. The number of rotatable bonds is 8. The Hall–Kier alpha value is -2.23. The summed E-state index contributed by atoms with van der Waals surface area (Å²) in [5.41, 5.74) is 0.684. The molecule has 0 bridgehead atoms. The van der Waals surface area contributed by atoms with E-state index < -0.39 is 5.82 Å². The summed E-state index contributed by atoms with van der Waals surface area (Å²) in [5, 5.41) is 12.5. The van der Waals surface area contributed by atoms with E-state index in [1.807, 2.05) is 43.1 Å². The number of guanidine groups is 1. The van der Waals surface area contributed by atoms with Gasteiger partial charge in [-0.1, -0.05) is 6.07 Å². The maximum Gasteiger partial charge on any atom is 0.194 e. The molecule has 8 heteroatoms. The van der Waals surface area contributed by atoms with Gasteiger partial charge in [-0.2, -0.15) is 0 Å². The van der Waals surface area contributed by atoms with Gasteiger partial charge in [0.15, 0.2) is 17.5 Å². The highest BCUT2D eigenvalue weighted by Crippen LogP contribution is 2.17. The van der Waals surface area contributed by atoms with Gasteiger partial charge in [0.2, 0.25) is 0 Å². The normalized spacial score (nSPS) is 10.8. The molecule has 2 aromatic carbocycles. The minimum atomic E-state index is -0.644. The summed E-state index contributed by atoms with van der Waals surface area (Å²) < 4.78 is 24.3. The quantitative estimate of drug-likeness (QED) is 0.327. The molecule has 0 spiro atoms. The van der Waals surface area contributed by atoms with Gasteiger partial charge < -0.3 is 24.8 Å². The zero-order valence-electron chi connectivity index (χ0n) is 16.3. The van der Waals surface area contributed by atoms with Crippen molar-refractivity contribution in [2.24, 2.45) is 4.99 Å². The first kappa shape index (κ1) is 23.8. The number of ether oxygens (including phenoxy) is 2. The van der Waals surface area contributed by atoms with Gasteiger partial charge in [0.25, 0.3) is 0 Å². The van der Waals surface area contributed by atoms with Gasteiger partial charge in [0, 0.05) is 13.6 Å². The first-order valence-electron chi connectivity index (χ1n) is 8.77. The molecule has 0 heterocycles. The number of likely N-dealkylation sites (N-methyl/N-ethyl adjacent to an activating group) is 1. The molecule has 0 amide bonds. The summed E-state index contributed by atoms with van der Waals surface area (Å²) in [4.78, 5) is 6.46. The Bertz CT molecular complexity index is 757. The van der Waals surface area contributed by atoms with Gasteiger partial charge in [-0.05, 0) is 48.9 Å². The Kier molecular flexibility index (Phi) is 10.4. The topological polar surface area (TPSA) is 66.3 Å². The highest BCUT2D eigenvalue weighted by atomic mass is 127. The lowest BCUT2D eigenvalue weighted by molar-refractivity contribution is 0.281. The van der Waals surface area contributed by atoms with E-state index >= 15 is 0 Å². The molecule has 0 aliphatic rings. The molecule has 154 valence electrons. The number of methoxy groups -OCH3 is 1. The fraction of sp³-hybridized carbons (Fsp3) is 0.350. The van der Waals surface area contributed by atoms with E-state index in [2.05, 4.69) is 10.3 Å². The second kappa shape index (κ2) is 12.3. The van der Waals surface area contributed by atoms with E-state index in [4.69, 9.17) is 9.47 Å². The van der Waals surface area contributed by atoms with Crippen LogP contribution in [0.4, 0.5) is 4.39 Å². The van der Waals surface area contributed by atoms with Crippen molar-refractivity contribution in [1.82, 2.24) is 10.2 Å². The van der Waals surface area contributed by atoms with Crippen LogP contribution in [-0.2, 0) is 6.54 Å². The SMILES string of the molecule is CCNC(=NCc1ccc(O)c(F)c1)N(C)CCOc1ccc(OC)cc1.I. The van der Waals surface area contributed by atoms with E-state index in [0.29, 0.717) is 37.8 Å². The van der Waals surface area contributed by atoms with Crippen LogP contribution in [0.1, 0.15) is 12.5 Å². The second-order valence-electron chi connectivity index (χ2n) is 5.90. The minimum absolute atomic E-state index is 0. The highest BCUT2D eigenvalue weighted by Gasteiger charge is 2.07. The number of benzene rings is 2. The van der Waals surface area contributed by atoms with Crippen molar-refractivity contribution in [3.8, 4) is 17.2 Å². The largest absolute Gasteiger partial charge is 0.505 e. The molecule has 0 atom stereocenters. The van der Waals surface area contributed by atoms with Crippen LogP contribution in [0.25, 0.3) is 0 Å². The van der Waals surface area contributed by atoms with Crippen molar-refractivity contribution >= 4 is 29.9 Å². The van der Waals surface area contributed by atoms with Gasteiger partial charge in [-0.3, -0.25) is 0 Å². The third kappa shape index (κ3) is 7.41. The van der Waals surface area contributed by atoms with E-state index in [-0.39, 0.29) is 29.7 Å². The predicted molar refractivity (Wildman–Crippen MR) is 119 cm³/mol. The molecule has 0 aliphatic carbocycles. The fourth-order valence-electron chi connectivity index (χ4n) is 2.36. The van der Waals surface area contributed by atoms with Crippen molar-refractivity contribution in [2.75, 3.05) is 33.9 Å². The molecule has 0 saturated carbocycles. The summed E-state index contributed by atoms with van der Waals surface area (Å²) >= 11 is 0. The van der Waals surface area contributed by atoms with E-state index in [9.17, 15) is 9.50 Å². The van der Waals surface area contributed by atoms with Crippen molar-refractivity contribution in [2.45, 2.75) is 13.5 Å². The molecule has 0 unspecified atom stereocenters. The average Bonchev–Trinajstić information content (AvgIpc) is 2.68. The maximum atomic E-state index is 13.4. The molecule has 2 aromatic rings. The fourth-order valence-corrected chi connectivity index (χ4v) is 2.36. The van der Waals surface area contributed by atoms with Crippen molar-refractivity contribution < 1.29 is 19.0 Å². The number of phenols is 1. The number of aliphatic imine (C=N–C) groups is 1. The van der Waals surface area contributed by atoms with Crippen LogP contribution in [0.5, 0.6) is 17.2 Å². The number of hydrogen-bond donors (Lipinski definition) is 2. The second-order valence-corrected chi connectivity index (χ2v) is 5.90. The van der Waals surface area contributed by atoms with Crippen LogP contribution in [0, 0.1) is 5.82 Å².